The molecule has 1 amide bonds. The first-order valence-electron chi connectivity index (χ1n) is 8.46. The van der Waals surface area contributed by atoms with Crippen molar-refractivity contribution in [3.63, 3.8) is 0 Å². The lowest BCUT2D eigenvalue weighted by molar-refractivity contribution is -0.126. The Labute approximate surface area is 158 Å². The largest absolute Gasteiger partial charge is 0.493 e. The molecule has 140 valence electrons. The zero-order chi connectivity index (χ0) is 19.6. The van der Waals surface area contributed by atoms with Crippen molar-refractivity contribution in [2.24, 2.45) is 0 Å². The highest BCUT2D eigenvalue weighted by Crippen LogP contribution is 2.28. The number of hydrogen-bond acceptors (Lipinski definition) is 4. The van der Waals surface area contributed by atoms with E-state index in [1.165, 1.54) is 25.3 Å². The van der Waals surface area contributed by atoms with Gasteiger partial charge in [0, 0.05) is 19.2 Å². The highest BCUT2D eigenvalue weighted by Gasteiger charge is 2.10. The Morgan fingerprint density at radius 3 is 2.74 bits per heavy atom. The number of nitrogens with zero attached hydrogens (tertiary/aromatic N) is 2. The summed E-state index contributed by atoms with van der Waals surface area (Å²) in [6, 6.07) is 13.3. The molecule has 5 nitrogen and oxygen atoms in total. The molecule has 0 aromatic heterocycles. The van der Waals surface area contributed by atoms with E-state index in [2.05, 4.69) is 0 Å². The number of carbonyl (C=O) groups excluding carboxylic acids is 1. The Hall–Kier alpha value is -3.33. The van der Waals surface area contributed by atoms with Crippen LogP contribution in [0.3, 0.4) is 0 Å². The van der Waals surface area contributed by atoms with Gasteiger partial charge in [0.1, 0.15) is 11.9 Å². The molecule has 27 heavy (non-hydrogen) atoms. The number of likely N-dealkylation sites (N-methyl/N-ethyl adjacent to an activating group) is 1. The van der Waals surface area contributed by atoms with Gasteiger partial charge in [0.05, 0.1) is 7.11 Å². The summed E-state index contributed by atoms with van der Waals surface area (Å²) in [6.07, 6.45) is 3.14. The Balaban J connectivity index is 2.08. The lowest BCUT2D eigenvalue weighted by atomic mass is 10.1. The molecule has 2 aromatic carbocycles. The summed E-state index contributed by atoms with van der Waals surface area (Å²) in [4.78, 5) is 14.1. The third kappa shape index (κ3) is 5.86. The smallest absolute Gasteiger partial charge is 0.246 e. The van der Waals surface area contributed by atoms with Crippen LogP contribution in [0.15, 0.2) is 48.5 Å². The Morgan fingerprint density at radius 1 is 1.26 bits per heavy atom. The number of rotatable bonds is 8. The molecule has 0 aliphatic rings. The minimum atomic E-state index is -0.322. The first-order valence-corrected chi connectivity index (χ1v) is 8.46. The van der Waals surface area contributed by atoms with Crippen molar-refractivity contribution < 1.29 is 18.7 Å². The van der Waals surface area contributed by atoms with Gasteiger partial charge >= 0.3 is 0 Å². The summed E-state index contributed by atoms with van der Waals surface area (Å²) < 4.78 is 23.8. The molecule has 2 aromatic rings. The van der Waals surface area contributed by atoms with E-state index in [0.29, 0.717) is 24.6 Å². The van der Waals surface area contributed by atoms with E-state index in [9.17, 15) is 9.18 Å². The summed E-state index contributed by atoms with van der Waals surface area (Å²) in [5.41, 5.74) is 1.49. The third-order valence-electron chi connectivity index (χ3n) is 3.85. The summed E-state index contributed by atoms with van der Waals surface area (Å²) in [5, 5.41) is 8.60. The topological polar surface area (TPSA) is 62.6 Å². The van der Waals surface area contributed by atoms with Crippen LogP contribution < -0.4 is 9.47 Å². The Morgan fingerprint density at radius 2 is 2.07 bits per heavy atom. The van der Waals surface area contributed by atoms with Gasteiger partial charge in [-0.25, -0.2) is 4.39 Å². The summed E-state index contributed by atoms with van der Waals surface area (Å²) >= 11 is 0. The number of benzene rings is 2. The zero-order valence-electron chi connectivity index (χ0n) is 15.3. The second kappa shape index (κ2) is 9.97. The van der Waals surface area contributed by atoms with E-state index >= 15 is 0 Å². The fraction of sp³-hybridized carbons (Fsp3) is 0.238. The molecule has 0 radical (unpaired) electrons. The van der Waals surface area contributed by atoms with Gasteiger partial charge in [-0.05, 0) is 48.4 Å². The van der Waals surface area contributed by atoms with Crippen LogP contribution in [0.25, 0.3) is 6.08 Å². The van der Waals surface area contributed by atoms with E-state index in [0.717, 1.165) is 11.1 Å². The van der Waals surface area contributed by atoms with Gasteiger partial charge in [0.15, 0.2) is 18.1 Å². The van der Waals surface area contributed by atoms with Crippen LogP contribution in [0.4, 0.5) is 4.39 Å². The quantitative estimate of drug-likeness (QED) is 0.665. The first kappa shape index (κ1) is 20.0. The van der Waals surface area contributed by atoms with Crippen LogP contribution in [-0.2, 0) is 11.3 Å². The molecule has 0 saturated heterocycles. The van der Waals surface area contributed by atoms with Gasteiger partial charge in [-0.15, -0.1) is 0 Å². The fourth-order valence-corrected chi connectivity index (χ4v) is 2.49. The standard InChI is InChI=1S/C21H21FN2O3/c1-3-24(15-17-5-4-6-18(22)13-17)21(25)10-8-16-7-9-19(27-12-11-23)20(14-16)26-2/h4-10,13-14H,3,12,15H2,1-2H3/b10-8+. The number of nitriles is 1. The molecule has 0 aliphatic heterocycles. The average Bonchev–Trinajstić information content (AvgIpc) is 2.68. The Bertz CT molecular complexity index is 859. The molecule has 0 heterocycles. The van der Waals surface area contributed by atoms with Crippen molar-refractivity contribution in [2.45, 2.75) is 13.5 Å². The monoisotopic (exact) mass is 368 g/mol. The van der Waals surface area contributed by atoms with Crippen LogP contribution >= 0.6 is 0 Å². The highest BCUT2D eigenvalue weighted by atomic mass is 19.1. The van der Waals surface area contributed by atoms with Crippen molar-refractivity contribution in [3.05, 3.63) is 65.5 Å². The number of amides is 1. The van der Waals surface area contributed by atoms with Crippen molar-refractivity contribution in [3.8, 4) is 17.6 Å². The second-order valence-electron chi connectivity index (χ2n) is 5.67. The second-order valence-corrected chi connectivity index (χ2v) is 5.67. The number of halogens is 1. The molecule has 0 fully saturated rings. The lowest BCUT2D eigenvalue weighted by Gasteiger charge is -2.19. The van der Waals surface area contributed by atoms with E-state index < -0.39 is 0 Å². The number of methoxy groups -OCH3 is 1. The number of carbonyl (C=O) groups is 1. The molecule has 6 heteroatoms. The van der Waals surface area contributed by atoms with Crippen LogP contribution in [0.2, 0.25) is 0 Å². The zero-order valence-corrected chi connectivity index (χ0v) is 15.3. The van der Waals surface area contributed by atoms with E-state index in [4.69, 9.17) is 14.7 Å². The van der Waals surface area contributed by atoms with Crippen LogP contribution in [0.1, 0.15) is 18.1 Å². The van der Waals surface area contributed by atoms with Crippen molar-refractivity contribution in [1.82, 2.24) is 4.90 Å². The van der Waals surface area contributed by atoms with Crippen molar-refractivity contribution in [2.75, 3.05) is 20.3 Å². The van der Waals surface area contributed by atoms with Gasteiger partial charge in [-0.1, -0.05) is 18.2 Å². The van der Waals surface area contributed by atoms with Gasteiger partial charge in [0.2, 0.25) is 5.91 Å². The van der Waals surface area contributed by atoms with Crippen LogP contribution in [0, 0.1) is 17.1 Å². The fourth-order valence-electron chi connectivity index (χ4n) is 2.49. The molecule has 0 saturated carbocycles. The maximum absolute atomic E-state index is 13.3. The predicted octanol–water partition coefficient (Wildman–Crippen LogP) is 3.80. The minimum Gasteiger partial charge on any atom is -0.493 e. The minimum absolute atomic E-state index is 0.0738. The Kier molecular flexibility index (Phi) is 7.38. The first-order chi connectivity index (χ1) is 13.1. The van der Waals surface area contributed by atoms with Gasteiger partial charge in [-0.2, -0.15) is 5.26 Å². The van der Waals surface area contributed by atoms with E-state index in [1.54, 1.807) is 41.3 Å². The normalized spacial score (nSPS) is 10.4. The highest BCUT2D eigenvalue weighted by molar-refractivity contribution is 5.91. The van der Waals surface area contributed by atoms with Crippen molar-refractivity contribution >= 4 is 12.0 Å². The molecule has 0 spiro atoms. The summed E-state index contributed by atoms with van der Waals surface area (Å²) in [7, 11) is 1.50. The van der Waals surface area contributed by atoms with Gasteiger partial charge in [-0.3, -0.25) is 4.79 Å². The molecule has 0 unspecified atom stereocenters. The van der Waals surface area contributed by atoms with E-state index in [1.807, 2.05) is 13.0 Å². The lowest BCUT2D eigenvalue weighted by Crippen LogP contribution is -2.28. The van der Waals surface area contributed by atoms with Gasteiger partial charge in [0.25, 0.3) is 0 Å². The molecular formula is C21H21FN2O3. The SMILES string of the molecule is CCN(Cc1cccc(F)c1)C(=O)/C=C/c1ccc(OCC#N)c(OC)c1. The molecular weight excluding hydrogens is 347 g/mol. The molecule has 2 rings (SSSR count). The maximum atomic E-state index is 13.3. The van der Waals surface area contributed by atoms with Crippen molar-refractivity contribution in [1.29, 1.82) is 5.26 Å². The third-order valence-corrected chi connectivity index (χ3v) is 3.85. The predicted molar refractivity (Wildman–Crippen MR) is 101 cm³/mol. The number of ether oxygens (including phenoxy) is 2. The molecule has 0 atom stereocenters. The van der Waals surface area contributed by atoms with Crippen LogP contribution in [-0.4, -0.2) is 31.1 Å². The van der Waals surface area contributed by atoms with E-state index in [-0.39, 0.29) is 18.3 Å². The number of hydrogen-bond donors (Lipinski definition) is 0. The summed E-state index contributed by atoms with van der Waals surface area (Å²) in [6.45, 7) is 2.64. The van der Waals surface area contributed by atoms with Crippen LogP contribution in [0.5, 0.6) is 11.5 Å². The average molecular weight is 368 g/mol. The maximum Gasteiger partial charge on any atom is 0.246 e. The molecule has 0 N–H and O–H groups in total. The summed E-state index contributed by atoms with van der Waals surface area (Å²) in [5.74, 6) is 0.443. The van der Waals surface area contributed by atoms with Gasteiger partial charge < -0.3 is 14.4 Å². The molecule has 0 bridgehead atoms. The molecule has 0 aliphatic carbocycles.